The Morgan fingerprint density at radius 3 is 3.10 bits per heavy atom. The van der Waals surface area contributed by atoms with Gasteiger partial charge in [0.1, 0.15) is 6.29 Å². The minimum atomic E-state index is -0.162. The molecule has 0 spiro atoms. The molecule has 0 saturated carbocycles. The van der Waals surface area contributed by atoms with Crippen molar-refractivity contribution >= 4 is 6.29 Å². The number of allylic oxidation sites excluding steroid dienone is 1. The molecule has 3 heteroatoms. The van der Waals surface area contributed by atoms with E-state index >= 15 is 0 Å². The van der Waals surface area contributed by atoms with E-state index in [1.54, 1.807) is 0 Å². The molecule has 1 rings (SSSR count). The zero-order chi connectivity index (χ0) is 7.40. The first-order valence-corrected chi connectivity index (χ1v) is 3.33. The zero-order valence-electron chi connectivity index (χ0n) is 5.62. The molecule has 0 aromatic carbocycles. The SMILES string of the molecule is O=CC1=CCCC(N=O)C1. The summed E-state index contributed by atoms with van der Waals surface area (Å²) < 4.78 is 0. The fraction of sp³-hybridized carbons (Fsp3) is 0.571. The van der Waals surface area contributed by atoms with Crippen molar-refractivity contribution in [1.82, 2.24) is 0 Å². The van der Waals surface area contributed by atoms with Gasteiger partial charge in [-0.2, -0.15) is 4.91 Å². The maximum absolute atomic E-state index is 10.2. The molecule has 0 saturated heterocycles. The second-order valence-corrected chi connectivity index (χ2v) is 2.44. The van der Waals surface area contributed by atoms with Gasteiger partial charge in [-0.15, -0.1) is 0 Å². The molecule has 3 nitrogen and oxygen atoms in total. The molecule has 1 aliphatic rings. The molecule has 0 fully saturated rings. The van der Waals surface area contributed by atoms with E-state index in [0.717, 1.165) is 24.7 Å². The minimum Gasteiger partial charge on any atom is -0.298 e. The largest absolute Gasteiger partial charge is 0.298 e. The summed E-state index contributed by atoms with van der Waals surface area (Å²) in [6, 6.07) is -0.162. The summed E-state index contributed by atoms with van der Waals surface area (Å²) in [5, 5.41) is 2.90. The van der Waals surface area contributed by atoms with Crippen LogP contribution in [0.25, 0.3) is 0 Å². The third kappa shape index (κ3) is 1.50. The summed E-state index contributed by atoms with van der Waals surface area (Å²) in [6.07, 6.45) is 4.81. The van der Waals surface area contributed by atoms with Crippen molar-refractivity contribution in [1.29, 1.82) is 0 Å². The number of nitrogens with zero attached hydrogens (tertiary/aromatic N) is 1. The molecule has 0 aliphatic heterocycles. The number of hydrogen-bond acceptors (Lipinski definition) is 3. The van der Waals surface area contributed by atoms with E-state index < -0.39 is 0 Å². The van der Waals surface area contributed by atoms with Gasteiger partial charge in [0.25, 0.3) is 0 Å². The monoisotopic (exact) mass is 139 g/mol. The van der Waals surface area contributed by atoms with Crippen molar-refractivity contribution in [3.05, 3.63) is 16.6 Å². The number of hydrogen-bond donors (Lipinski definition) is 0. The van der Waals surface area contributed by atoms with E-state index in [2.05, 4.69) is 5.18 Å². The van der Waals surface area contributed by atoms with Gasteiger partial charge in [0.2, 0.25) is 0 Å². The van der Waals surface area contributed by atoms with Gasteiger partial charge in [-0.3, -0.25) is 4.79 Å². The van der Waals surface area contributed by atoms with E-state index in [-0.39, 0.29) is 6.04 Å². The van der Waals surface area contributed by atoms with E-state index in [1.807, 2.05) is 6.08 Å². The average molecular weight is 139 g/mol. The molecule has 0 aromatic rings. The second-order valence-electron chi connectivity index (χ2n) is 2.44. The molecule has 1 unspecified atom stereocenters. The van der Waals surface area contributed by atoms with Crippen LogP contribution in [-0.2, 0) is 4.79 Å². The maximum atomic E-state index is 10.2. The summed E-state index contributed by atoms with van der Waals surface area (Å²) in [6.45, 7) is 0. The van der Waals surface area contributed by atoms with Crippen LogP contribution in [-0.4, -0.2) is 12.3 Å². The highest BCUT2D eigenvalue weighted by Gasteiger charge is 2.14. The lowest BCUT2D eigenvalue weighted by molar-refractivity contribution is -0.105. The molecule has 0 bridgehead atoms. The summed E-state index contributed by atoms with van der Waals surface area (Å²) in [7, 11) is 0. The molecule has 1 aliphatic carbocycles. The summed E-state index contributed by atoms with van der Waals surface area (Å²) in [4.78, 5) is 20.2. The molecule has 1 atom stereocenters. The Hall–Kier alpha value is -0.990. The van der Waals surface area contributed by atoms with Crippen LogP contribution in [0.15, 0.2) is 16.8 Å². The van der Waals surface area contributed by atoms with Gasteiger partial charge in [-0.05, 0) is 18.4 Å². The molecule has 0 amide bonds. The molecule has 54 valence electrons. The summed E-state index contributed by atoms with van der Waals surface area (Å²) >= 11 is 0. The van der Waals surface area contributed by atoms with Gasteiger partial charge in [0, 0.05) is 6.42 Å². The van der Waals surface area contributed by atoms with Gasteiger partial charge >= 0.3 is 0 Å². The van der Waals surface area contributed by atoms with Crippen LogP contribution in [0.2, 0.25) is 0 Å². The fourth-order valence-electron chi connectivity index (χ4n) is 1.10. The Bertz CT molecular complexity index is 174. The smallest absolute Gasteiger partial charge is 0.145 e. The number of rotatable bonds is 2. The lowest BCUT2D eigenvalue weighted by Gasteiger charge is -2.11. The number of nitroso groups, excluding NO2 is 1. The van der Waals surface area contributed by atoms with Crippen molar-refractivity contribution < 1.29 is 4.79 Å². The van der Waals surface area contributed by atoms with E-state index in [1.165, 1.54) is 0 Å². The average Bonchev–Trinajstić information content (AvgIpc) is 2.05. The Kier molecular flexibility index (Phi) is 2.31. The van der Waals surface area contributed by atoms with Crippen LogP contribution < -0.4 is 0 Å². The van der Waals surface area contributed by atoms with Crippen molar-refractivity contribution in [3.63, 3.8) is 0 Å². The van der Waals surface area contributed by atoms with Crippen molar-refractivity contribution in [2.24, 2.45) is 5.18 Å². The van der Waals surface area contributed by atoms with Crippen molar-refractivity contribution in [3.8, 4) is 0 Å². The standard InChI is InChI=1S/C7H9NO2/c9-5-6-2-1-3-7(4-6)8-10/h2,5,7H,1,3-4H2. The van der Waals surface area contributed by atoms with Crippen LogP contribution in [0.4, 0.5) is 0 Å². The van der Waals surface area contributed by atoms with Crippen LogP contribution in [0.5, 0.6) is 0 Å². The topological polar surface area (TPSA) is 46.5 Å². The fourth-order valence-corrected chi connectivity index (χ4v) is 1.10. The molecule has 0 heterocycles. The Balaban J connectivity index is 2.55. The highest BCUT2D eigenvalue weighted by Crippen LogP contribution is 2.18. The van der Waals surface area contributed by atoms with E-state index in [9.17, 15) is 9.70 Å². The number of carbonyl (C=O) groups excluding carboxylic acids is 1. The van der Waals surface area contributed by atoms with Crippen LogP contribution in [0.3, 0.4) is 0 Å². The molecule has 0 N–H and O–H groups in total. The molecular weight excluding hydrogens is 130 g/mol. The second kappa shape index (κ2) is 3.25. The maximum Gasteiger partial charge on any atom is 0.145 e. The molecule has 0 radical (unpaired) electrons. The Labute approximate surface area is 59.1 Å². The first-order valence-electron chi connectivity index (χ1n) is 3.33. The third-order valence-electron chi connectivity index (χ3n) is 1.68. The lowest BCUT2D eigenvalue weighted by atomic mass is 9.96. The molecule has 10 heavy (non-hydrogen) atoms. The first kappa shape index (κ1) is 7.12. The molecule has 0 aromatic heterocycles. The zero-order valence-corrected chi connectivity index (χ0v) is 5.62. The van der Waals surface area contributed by atoms with Crippen LogP contribution in [0.1, 0.15) is 19.3 Å². The number of aldehydes is 1. The highest BCUT2D eigenvalue weighted by atomic mass is 16.3. The summed E-state index contributed by atoms with van der Waals surface area (Å²) in [5.41, 5.74) is 0.718. The predicted molar refractivity (Wildman–Crippen MR) is 37.6 cm³/mol. The number of carbonyl (C=O) groups is 1. The Morgan fingerprint density at radius 1 is 1.70 bits per heavy atom. The lowest BCUT2D eigenvalue weighted by Crippen LogP contribution is -2.09. The van der Waals surface area contributed by atoms with Crippen LogP contribution in [0, 0.1) is 4.91 Å². The van der Waals surface area contributed by atoms with E-state index in [4.69, 9.17) is 0 Å². The minimum absolute atomic E-state index is 0.162. The normalized spacial score (nSPS) is 25.2. The summed E-state index contributed by atoms with van der Waals surface area (Å²) in [5.74, 6) is 0. The van der Waals surface area contributed by atoms with Crippen LogP contribution >= 0.6 is 0 Å². The Morgan fingerprint density at radius 2 is 2.50 bits per heavy atom. The van der Waals surface area contributed by atoms with Gasteiger partial charge in [-0.25, -0.2) is 0 Å². The predicted octanol–water partition coefficient (Wildman–Crippen LogP) is 1.43. The van der Waals surface area contributed by atoms with Gasteiger partial charge in [-0.1, -0.05) is 11.3 Å². The van der Waals surface area contributed by atoms with Gasteiger partial charge in [0.05, 0.1) is 6.04 Å². The third-order valence-corrected chi connectivity index (χ3v) is 1.68. The van der Waals surface area contributed by atoms with Gasteiger partial charge in [0.15, 0.2) is 0 Å². The first-order chi connectivity index (χ1) is 4.86. The molecular formula is C7H9NO2. The van der Waals surface area contributed by atoms with E-state index in [0.29, 0.717) is 6.42 Å². The quantitative estimate of drug-likeness (QED) is 0.429. The van der Waals surface area contributed by atoms with Crippen molar-refractivity contribution in [2.45, 2.75) is 25.3 Å². The highest BCUT2D eigenvalue weighted by molar-refractivity contribution is 5.73. The van der Waals surface area contributed by atoms with Crippen molar-refractivity contribution in [2.75, 3.05) is 0 Å². The van der Waals surface area contributed by atoms with Gasteiger partial charge < -0.3 is 0 Å².